The third kappa shape index (κ3) is 5.04. The highest BCUT2D eigenvalue weighted by molar-refractivity contribution is 6.09. The smallest absolute Gasteiger partial charge is 0.167 e. The van der Waals surface area contributed by atoms with Crippen LogP contribution in [-0.2, 0) is 5.41 Å². The molecule has 288 valence electrons. The van der Waals surface area contributed by atoms with Gasteiger partial charge in [0.1, 0.15) is 11.2 Å². The maximum Gasteiger partial charge on any atom is 0.167 e. The van der Waals surface area contributed by atoms with Gasteiger partial charge in [-0.25, -0.2) is 15.0 Å². The fourth-order valence-corrected chi connectivity index (χ4v) is 10.3. The summed E-state index contributed by atoms with van der Waals surface area (Å²) < 4.78 is 6.61. The Bertz CT molecular complexity index is 3470. The first-order chi connectivity index (χ1) is 30.7. The number of aromatic nitrogens is 3. The van der Waals surface area contributed by atoms with E-state index in [1.807, 2.05) is 18.2 Å². The van der Waals surface area contributed by atoms with Crippen molar-refractivity contribution < 1.29 is 4.42 Å². The molecule has 0 fully saturated rings. The molecule has 0 saturated heterocycles. The minimum atomic E-state index is -0.498. The summed E-state index contributed by atoms with van der Waals surface area (Å²) in [4.78, 5) is 16.1. The molecule has 2 aromatic heterocycles. The quantitative estimate of drug-likeness (QED) is 0.174. The predicted octanol–water partition coefficient (Wildman–Crippen LogP) is 14.4. The van der Waals surface area contributed by atoms with Gasteiger partial charge in [-0.1, -0.05) is 176 Å². The van der Waals surface area contributed by atoms with Crippen molar-refractivity contribution in [3.05, 3.63) is 235 Å². The third-order valence-electron chi connectivity index (χ3n) is 12.9. The minimum absolute atomic E-state index is 0.498. The van der Waals surface area contributed by atoms with Crippen molar-refractivity contribution in [2.45, 2.75) is 5.41 Å². The summed E-state index contributed by atoms with van der Waals surface area (Å²) in [6, 6.07) is 75.6. The minimum Gasteiger partial charge on any atom is -0.455 e. The first-order valence-corrected chi connectivity index (χ1v) is 21.1. The highest BCUT2D eigenvalue weighted by Gasteiger charge is 2.51. The molecule has 1 spiro atoms. The molecule has 2 aliphatic carbocycles. The van der Waals surface area contributed by atoms with Crippen molar-refractivity contribution >= 4 is 21.9 Å². The normalized spacial score (nSPS) is 13.0. The van der Waals surface area contributed by atoms with E-state index in [-0.39, 0.29) is 0 Å². The van der Waals surface area contributed by atoms with Crippen LogP contribution >= 0.6 is 0 Å². The molecule has 0 saturated carbocycles. The van der Waals surface area contributed by atoms with Crippen LogP contribution in [0, 0.1) is 0 Å². The Balaban J connectivity index is 1.08. The van der Waals surface area contributed by atoms with Crippen LogP contribution in [0.1, 0.15) is 22.3 Å². The molecular weight excluding hydrogens is 755 g/mol. The van der Waals surface area contributed by atoms with Crippen LogP contribution in [0.2, 0.25) is 0 Å². The molecule has 0 atom stereocenters. The van der Waals surface area contributed by atoms with Crippen molar-refractivity contribution in [3.8, 4) is 78.7 Å². The first-order valence-electron chi connectivity index (χ1n) is 21.1. The summed E-state index contributed by atoms with van der Waals surface area (Å²) in [6.45, 7) is 0. The molecule has 4 heteroatoms. The Hall–Kier alpha value is -8.21. The molecule has 62 heavy (non-hydrogen) atoms. The molecule has 13 rings (SSSR count). The average Bonchev–Trinajstić information content (AvgIpc) is 3.98. The first kappa shape index (κ1) is 34.6. The molecule has 9 aromatic carbocycles. The topological polar surface area (TPSA) is 51.8 Å². The second-order valence-corrected chi connectivity index (χ2v) is 16.3. The molecule has 0 radical (unpaired) electrons. The van der Waals surface area contributed by atoms with E-state index in [9.17, 15) is 0 Å². The van der Waals surface area contributed by atoms with E-state index >= 15 is 0 Å². The number of nitrogens with zero attached hydrogens (tertiary/aromatic N) is 3. The number of furan rings is 1. The van der Waals surface area contributed by atoms with Gasteiger partial charge in [-0.05, 0) is 103 Å². The zero-order chi connectivity index (χ0) is 40.8. The third-order valence-corrected chi connectivity index (χ3v) is 12.9. The zero-order valence-electron chi connectivity index (χ0n) is 33.5. The Kier molecular flexibility index (Phi) is 7.49. The van der Waals surface area contributed by atoms with Crippen LogP contribution in [0.4, 0.5) is 0 Å². The lowest BCUT2D eigenvalue weighted by Crippen LogP contribution is -2.25. The van der Waals surface area contributed by atoms with Gasteiger partial charge in [-0.3, -0.25) is 0 Å². The highest BCUT2D eigenvalue weighted by Crippen LogP contribution is 2.63. The molecule has 2 aliphatic rings. The molecule has 11 aromatic rings. The summed E-state index contributed by atoms with van der Waals surface area (Å²) in [5, 5.41) is 2.08. The summed E-state index contributed by atoms with van der Waals surface area (Å²) in [5.41, 5.74) is 18.3. The maximum atomic E-state index is 6.61. The largest absolute Gasteiger partial charge is 0.455 e. The number of hydrogen-bond acceptors (Lipinski definition) is 4. The van der Waals surface area contributed by atoms with Gasteiger partial charge in [0.25, 0.3) is 0 Å². The van der Waals surface area contributed by atoms with E-state index in [1.54, 1.807) is 0 Å². The summed E-state index contributed by atoms with van der Waals surface area (Å²) in [7, 11) is 0. The number of benzene rings is 9. The van der Waals surface area contributed by atoms with Gasteiger partial charge in [0.05, 0.1) is 11.0 Å². The van der Waals surface area contributed by atoms with Crippen LogP contribution in [0.3, 0.4) is 0 Å². The van der Waals surface area contributed by atoms with Crippen LogP contribution in [0.5, 0.6) is 0 Å². The Morgan fingerprint density at radius 2 is 0.758 bits per heavy atom. The molecule has 4 nitrogen and oxygen atoms in total. The molecule has 0 N–H and O–H groups in total. The van der Waals surface area contributed by atoms with Crippen LogP contribution in [-0.4, -0.2) is 15.0 Å². The van der Waals surface area contributed by atoms with E-state index in [0.717, 1.165) is 60.9 Å². The van der Waals surface area contributed by atoms with E-state index in [4.69, 9.17) is 19.4 Å². The van der Waals surface area contributed by atoms with Gasteiger partial charge < -0.3 is 4.42 Å². The van der Waals surface area contributed by atoms with Gasteiger partial charge in [0, 0.05) is 21.9 Å². The van der Waals surface area contributed by atoms with E-state index in [2.05, 4.69) is 194 Å². The van der Waals surface area contributed by atoms with E-state index < -0.39 is 5.41 Å². The van der Waals surface area contributed by atoms with Crippen molar-refractivity contribution in [2.75, 3.05) is 0 Å². The van der Waals surface area contributed by atoms with Crippen LogP contribution < -0.4 is 0 Å². The van der Waals surface area contributed by atoms with Gasteiger partial charge >= 0.3 is 0 Å². The summed E-state index contributed by atoms with van der Waals surface area (Å²) >= 11 is 0. The second-order valence-electron chi connectivity index (χ2n) is 16.3. The molecular formula is C58H35N3O. The standard InChI is InChI=1S/C58H35N3O/c1-3-16-36(17-4-1)39-32-40(37-18-5-2-6-19-37)34-41(33-39)56-59-55(60-57(61-56)48-25-15-24-47-46-23-10-14-29-53(46)62-54(47)48)38-30-31-45-44-22-9-13-28-51(44)58(52(45)35-38)49-26-11-7-20-42(49)43-21-8-12-27-50(43)58/h1-35H. The van der Waals surface area contributed by atoms with Gasteiger partial charge in [0.15, 0.2) is 17.5 Å². The Morgan fingerprint density at radius 3 is 1.39 bits per heavy atom. The Morgan fingerprint density at radius 1 is 0.290 bits per heavy atom. The van der Waals surface area contributed by atoms with Crippen LogP contribution in [0.15, 0.2) is 217 Å². The van der Waals surface area contributed by atoms with Crippen molar-refractivity contribution in [3.63, 3.8) is 0 Å². The fraction of sp³-hybridized carbons (Fsp3) is 0.0172. The second kappa shape index (κ2) is 13.4. The lowest BCUT2D eigenvalue weighted by atomic mass is 9.70. The van der Waals surface area contributed by atoms with E-state index in [0.29, 0.717) is 17.5 Å². The lowest BCUT2D eigenvalue weighted by molar-refractivity contribution is 0.669. The molecule has 0 amide bonds. The lowest BCUT2D eigenvalue weighted by Gasteiger charge is -2.30. The highest BCUT2D eigenvalue weighted by atomic mass is 16.3. The number of para-hydroxylation sites is 2. The number of hydrogen-bond donors (Lipinski definition) is 0. The average molecular weight is 790 g/mol. The summed E-state index contributed by atoms with van der Waals surface area (Å²) in [5.74, 6) is 1.73. The van der Waals surface area contributed by atoms with Gasteiger partial charge in [-0.2, -0.15) is 0 Å². The SMILES string of the molecule is c1ccc(-c2cc(-c3ccccc3)cc(-c3nc(-c4ccc5c(c4)C4(c6ccccc6-c6ccccc64)c4ccccc4-5)nc(-c4cccc5c4oc4ccccc45)n3)c2)cc1. The van der Waals surface area contributed by atoms with E-state index in [1.165, 1.54) is 44.5 Å². The number of fused-ring (bicyclic) bond motifs is 13. The van der Waals surface area contributed by atoms with Crippen molar-refractivity contribution in [1.29, 1.82) is 0 Å². The van der Waals surface area contributed by atoms with Gasteiger partial charge in [-0.15, -0.1) is 0 Å². The van der Waals surface area contributed by atoms with Gasteiger partial charge in [0.2, 0.25) is 0 Å². The monoisotopic (exact) mass is 789 g/mol. The molecule has 0 unspecified atom stereocenters. The molecule has 0 bridgehead atoms. The maximum absolute atomic E-state index is 6.61. The van der Waals surface area contributed by atoms with Crippen LogP contribution in [0.25, 0.3) is 101 Å². The zero-order valence-corrected chi connectivity index (χ0v) is 33.5. The Labute approximate surface area is 358 Å². The predicted molar refractivity (Wildman–Crippen MR) is 251 cm³/mol. The van der Waals surface area contributed by atoms with Crippen molar-refractivity contribution in [1.82, 2.24) is 15.0 Å². The molecule has 2 heterocycles. The fourth-order valence-electron chi connectivity index (χ4n) is 10.3. The molecule has 0 aliphatic heterocycles. The number of rotatable bonds is 5. The van der Waals surface area contributed by atoms with Crippen molar-refractivity contribution in [2.24, 2.45) is 0 Å². The summed E-state index contributed by atoms with van der Waals surface area (Å²) in [6.07, 6.45) is 0.